The van der Waals surface area contributed by atoms with Gasteiger partial charge in [0.25, 0.3) is 0 Å². The predicted octanol–water partition coefficient (Wildman–Crippen LogP) is 6.01. The van der Waals surface area contributed by atoms with Crippen molar-refractivity contribution in [3.63, 3.8) is 0 Å². The summed E-state index contributed by atoms with van der Waals surface area (Å²) in [5, 5.41) is 0. The summed E-state index contributed by atoms with van der Waals surface area (Å²) < 4.78 is 0. The van der Waals surface area contributed by atoms with Crippen molar-refractivity contribution in [2.75, 3.05) is 0 Å². The largest absolute Gasteiger partial charge is 0.0651 e. The lowest BCUT2D eigenvalue weighted by molar-refractivity contribution is 0.000349. The molecule has 19 heavy (non-hydrogen) atoms. The summed E-state index contributed by atoms with van der Waals surface area (Å²) in [6.07, 6.45) is 7.39. The maximum atomic E-state index is 2.56. The molecule has 0 aromatic carbocycles. The summed E-state index contributed by atoms with van der Waals surface area (Å²) in [4.78, 5) is 0. The molecule has 2 rings (SSSR count). The van der Waals surface area contributed by atoms with Gasteiger partial charge in [-0.3, -0.25) is 0 Å². The minimum Gasteiger partial charge on any atom is -0.0651 e. The molecule has 0 aromatic rings. The van der Waals surface area contributed by atoms with Gasteiger partial charge in [-0.25, -0.2) is 0 Å². The molecule has 0 saturated heterocycles. The molecule has 2 fully saturated rings. The fraction of sp³-hybridized carbons (Fsp3) is 1.00. The van der Waals surface area contributed by atoms with Crippen LogP contribution in [0, 0.1) is 47.3 Å². The monoisotopic (exact) mass is 264 g/mol. The van der Waals surface area contributed by atoms with E-state index in [9.17, 15) is 0 Å². The molecule has 2 saturated carbocycles. The molecular weight excluding hydrogens is 228 g/mol. The van der Waals surface area contributed by atoms with E-state index in [1.54, 1.807) is 0 Å². The van der Waals surface area contributed by atoms with Crippen molar-refractivity contribution < 1.29 is 0 Å². The second kappa shape index (κ2) is 6.19. The number of rotatable bonds is 2. The third kappa shape index (κ3) is 2.88. The molecule has 0 spiro atoms. The predicted molar refractivity (Wildman–Crippen MR) is 85.0 cm³/mol. The van der Waals surface area contributed by atoms with Crippen molar-refractivity contribution in [3.8, 4) is 0 Å². The molecule has 8 unspecified atom stereocenters. The first-order valence-electron chi connectivity index (χ1n) is 8.97. The third-order valence-corrected chi connectivity index (χ3v) is 7.46. The highest BCUT2D eigenvalue weighted by atomic mass is 14.5. The molecule has 0 heterocycles. The van der Waals surface area contributed by atoms with Gasteiger partial charge in [0.1, 0.15) is 0 Å². The Balaban J connectivity index is 2.11. The molecule has 0 nitrogen and oxygen atoms in total. The van der Waals surface area contributed by atoms with E-state index in [0.29, 0.717) is 0 Å². The lowest BCUT2D eigenvalue weighted by Crippen LogP contribution is -2.41. The third-order valence-electron chi connectivity index (χ3n) is 7.46. The van der Waals surface area contributed by atoms with Crippen molar-refractivity contribution in [2.24, 2.45) is 47.3 Å². The molecule has 0 aromatic heterocycles. The van der Waals surface area contributed by atoms with Gasteiger partial charge in [-0.05, 0) is 60.2 Å². The van der Waals surface area contributed by atoms with Crippen LogP contribution in [-0.4, -0.2) is 0 Å². The smallest absolute Gasteiger partial charge is 0.0352 e. The Morgan fingerprint density at radius 2 is 1.16 bits per heavy atom. The fourth-order valence-corrected chi connectivity index (χ4v) is 5.44. The van der Waals surface area contributed by atoms with E-state index in [-0.39, 0.29) is 0 Å². The van der Waals surface area contributed by atoms with E-state index in [1.807, 2.05) is 0 Å². The maximum absolute atomic E-state index is 2.56. The van der Waals surface area contributed by atoms with Crippen molar-refractivity contribution in [1.29, 1.82) is 0 Å². The zero-order valence-corrected chi connectivity index (χ0v) is 14.2. The van der Waals surface area contributed by atoms with Crippen LogP contribution in [0.4, 0.5) is 0 Å². The Morgan fingerprint density at radius 3 is 1.74 bits per heavy atom. The zero-order valence-electron chi connectivity index (χ0n) is 14.2. The van der Waals surface area contributed by atoms with Crippen LogP contribution in [-0.2, 0) is 0 Å². The van der Waals surface area contributed by atoms with E-state index >= 15 is 0 Å². The van der Waals surface area contributed by atoms with Crippen LogP contribution < -0.4 is 0 Å². The molecule has 0 heteroatoms. The highest BCUT2D eigenvalue weighted by molar-refractivity contribution is 4.92. The molecule has 0 N–H and O–H groups in total. The van der Waals surface area contributed by atoms with Gasteiger partial charge in [0.05, 0.1) is 0 Å². The van der Waals surface area contributed by atoms with Crippen LogP contribution in [0.5, 0.6) is 0 Å². The summed E-state index contributed by atoms with van der Waals surface area (Å²) in [5.74, 6) is 7.78. The average Bonchev–Trinajstić information content (AvgIpc) is 2.40. The van der Waals surface area contributed by atoms with Crippen molar-refractivity contribution in [1.82, 2.24) is 0 Å². The van der Waals surface area contributed by atoms with Gasteiger partial charge in [-0.1, -0.05) is 60.8 Å². The van der Waals surface area contributed by atoms with Gasteiger partial charge in [-0.2, -0.15) is 0 Å². The Labute approximate surface area is 121 Å². The molecule has 0 bridgehead atoms. The van der Waals surface area contributed by atoms with Gasteiger partial charge in [-0.15, -0.1) is 0 Å². The Hall–Kier alpha value is 0. The zero-order chi connectivity index (χ0) is 14.2. The summed E-state index contributed by atoms with van der Waals surface area (Å²) >= 11 is 0. The van der Waals surface area contributed by atoms with Crippen LogP contribution in [0.2, 0.25) is 0 Å². The molecule has 112 valence electrons. The van der Waals surface area contributed by atoms with Crippen molar-refractivity contribution >= 4 is 0 Å². The van der Waals surface area contributed by atoms with E-state index < -0.39 is 0 Å². The molecule has 0 amide bonds. The van der Waals surface area contributed by atoms with Crippen molar-refractivity contribution in [2.45, 2.75) is 73.6 Å². The average molecular weight is 264 g/mol. The molecule has 8 atom stereocenters. The van der Waals surface area contributed by atoms with Crippen LogP contribution in [0.3, 0.4) is 0 Å². The molecule has 0 aliphatic heterocycles. The first kappa shape index (κ1) is 15.4. The SMILES string of the molecule is CCC1C(C)C(C)CCC1C1CCC(C)C(C)C1C. The maximum Gasteiger partial charge on any atom is -0.0352 e. The molecule has 2 aliphatic carbocycles. The van der Waals surface area contributed by atoms with Crippen LogP contribution in [0.25, 0.3) is 0 Å². The van der Waals surface area contributed by atoms with Crippen LogP contribution >= 0.6 is 0 Å². The number of hydrogen-bond acceptors (Lipinski definition) is 0. The Morgan fingerprint density at radius 1 is 0.632 bits per heavy atom. The minimum absolute atomic E-state index is 0.936. The first-order chi connectivity index (χ1) is 8.97. The topological polar surface area (TPSA) is 0 Å². The lowest BCUT2D eigenvalue weighted by atomic mass is 9.56. The van der Waals surface area contributed by atoms with Crippen LogP contribution in [0.15, 0.2) is 0 Å². The van der Waals surface area contributed by atoms with E-state index in [2.05, 4.69) is 41.5 Å². The Bertz CT molecular complexity index is 282. The van der Waals surface area contributed by atoms with Gasteiger partial charge in [0.2, 0.25) is 0 Å². The second-order valence-electron chi connectivity index (χ2n) is 8.09. The van der Waals surface area contributed by atoms with E-state index in [0.717, 1.165) is 47.3 Å². The van der Waals surface area contributed by atoms with Gasteiger partial charge in [0.15, 0.2) is 0 Å². The summed E-state index contributed by atoms with van der Waals surface area (Å²) in [6.45, 7) is 15.0. The quantitative estimate of drug-likeness (QED) is 0.572. The summed E-state index contributed by atoms with van der Waals surface area (Å²) in [6, 6.07) is 0. The van der Waals surface area contributed by atoms with Gasteiger partial charge in [0, 0.05) is 0 Å². The highest BCUT2D eigenvalue weighted by Crippen LogP contribution is 2.50. The molecular formula is C19H36. The van der Waals surface area contributed by atoms with Gasteiger partial charge < -0.3 is 0 Å². The summed E-state index contributed by atoms with van der Waals surface area (Å²) in [7, 11) is 0. The molecule has 0 radical (unpaired) electrons. The standard InChI is InChI=1S/C19H36/c1-7-17-15(5)13(3)9-11-19(17)18-10-8-12(2)14(4)16(18)6/h12-19H,7-11H2,1-6H3. The Kier molecular flexibility index (Phi) is 5.01. The van der Waals surface area contributed by atoms with Gasteiger partial charge >= 0.3 is 0 Å². The highest BCUT2D eigenvalue weighted by Gasteiger charge is 2.42. The second-order valence-corrected chi connectivity index (χ2v) is 8.09. The fourth-order valence-electron chi connectivity index (χ4n) is 5.44. The molecule has 2 aliphatic rings. The first-order valence-corrected chi connectivity index (χ1v) is 8.97. The van der Waals surface area contributed by atoms with E-state index in [1.165, 1.54) is 32.1 Å². The number of hydrogen-bond donors (Lipinski definition) is 0. The van der Waals surface area contributed by atoms with E-state index in [4.69, 9.17) is 0 Å². The summed E-state index contributed by atoms with van der Waals surface area (Å²) in [5.41, 5.74) is 0. The minimum atomic E-state index is 0.936. The van der Waals surface area contributed by atoms with Crippen molar-refractivity contribution in [3.05, 3.63) is 0 Å². The lowest BCUT2D eigenvalue weighted by Gasteiger charge is -2.49. The normalized spacial score (nSPS) is 52.1. The van der Waals surface area contributed by atoms with Crippen LogP contribution in [0.1, 0.15) is 73.6 Å².